The Kier molecular flexibility index (Phi) is 6.15. The highest BCUT2D eigenvalue weighted by atomic mass is 35.5. The maximum Gasteiger partial charge on any atom is 0.252 e. The van der Waals surface area contributed by atoms with Gasteiger partial charge in [0, 0.05) is 24.8 Å². The Morgan fingerprint density at radius 3 is 3.00 bits per heavy atom. The molecule has 16 heavy (non-hydrogen) atoms. The van der Waals surface area contributed by atoms with Crippen molar-refractivity contribution in [2.75, 3.05) is 25.6 Å². The molecule has 1 aromatic heterocycles. The third-order valence-electron chi connectivity index (χ3n) is 1.77. The van der Waals surface area contributed by atoms with Crippen molar-refractivity contribution >= 4 is 29.1 Å². The van der Waals surface area contributed by atoms with E-state index in [1.54, 1.807) is 6.07 Å². The predicted molar refractivity (Wildman–Crippen MR) is 63.1 cm³/mol. The Balaban J connectivity index is 2.33. The molecule has 0 spiro atoms. The summed E-state index contributed by atoms with van der Waals surface area (Å²) in [5.41, 5.74) is 0.411. The van der Waals surface area contributed by atoms with Crippen LogP contribution < -0.4 is 5.32 Å². The molecule has 1 aromatic rings. The number of nitrogens with one attached hydrogen (secondary N) is 1. The number of ether oxygens (including phenoxy) is 1. The first-order valence-electron chi connectivity index (χ1n) is 4.77. The van der Waals surface area contributed by atoms with Gasteiger partial charge in [0.05, 0.1) is 23.8 Å². The fourth-order valence-corrected chi connectivity index (χ4v) is 1.36. The second kappa shape index (κ2) is 7.44. The van der Waals surface area contributed by atoms with Crippen LogP contribution in [0.3, 0.4) is 0 Å². The summed E-state index contributed by atoms with van der Waals surface area (Å²) in [7, 11) is 0. The first kappa shape index (κ1) is 13.2. The van der Waals surface area contributed by atoms with Crippen molar-refractivity contribution in [2.45, 2.75) is 0 Å². The van der Waals surface area contributed by atoms with E-state index in [-0.39, 0.29) is 5.91 Å². The molecule has 0 saturated heterocycles. The molecule has 0 aliphatic carbocycles. The lowest BCUT2D eigenvalue weighted by molar-refractivity contribution is 0.0923. The fraction of sp³-hybridized carbons (Fsp3) is 0.400. The summed E-state index contributed by atoms with van der Waals surface area (Å²) in [6.07, 6.45) is 2.95. The van der Waals surface area contributed by atoms with E-state index in [1.165, 1.54) is 12.4 Å². The van der Waals surface area contributed by atoms with E-state index in [9.17, 15) is 4.79 Å². The van der Waals surface area contributed by atoms with E-state index in [0.717, 1.165) is 0 Å². The first-order valence-corrected chi connectivity index (χ1v) is 5.68. The zero-order chi connectivity index (χ0) is 11.8. The molecule has 0 saturated carbocycles. The van der Waals surface area contributed by atoms with Gasteiger partial charge in [-0.2, -0.15) is 0 Å². The molecule has 0 bridgehead atoms. The van der Waals surface area contributed by atoms with Crippen LogP contribution >= 0.6 is 23.2 Å². The number of nitrogens with zero attached hydrogens (tertiary/aromatic N) is 1. The molecule has 88 valence electrons. The van der Waals surface area contributed by atoms with Gasteiger partial charge in [-0.25, -0.2) is 0 Å². The molecule has 0 atom stereocenters. The summed E-state index contributed by atoms with van der Waals surface area (Å²) in [4.78, 5) is 15.4. The third kappa shape index (κ3) is 4.35. The number of carbonyl (C=O) groups excluding carboxylic acids is 1. The normalized spacial score (nSPS) is 10.1. The highest BCUT2D eigenvalue weighted by molar-refractivity contribution is 6.33. The van der Waals surface area contributed by atoms with Gasteiger partial charge in [0.2, 0.25) is 0 Å². The van der Waals surface area contributed by atoms with E-state index >= 15 is 0 Å². The van der Waals surface area contributed by atoms with Crippen molar-refractivity contribution in [3.63, 3.8) is 0 Å². The molecular formula is C10H12Cl2N2O2. The highest BCUT2D eigenvalue weighted by Crippen LogP contribution is 2.12. The average Bonchev–Trinajstić information content (AvgIpc) is 2.29. The monoisotopic (exact) mass is 262 g/mol. The van der Waals surface area contributed by atoms with Crippen LogP contribution in [0, 0.1) is 0 Å². The van der Waals surface area contributed by atoms with Crippen molar-refractivity contribution in [3.8, 4) is 0 Å². The smallest absolute Gasteiger partial charge is 0.252 e. The Morgan fingerprint density at radius 1 is 1.50 bits per heavy atom. The SMILES string of the molecule is O=C(NCCOCCCl)c1ccncc1Cl. The predicted octanol–water partition coefficient (Wildman–Crippen LogP) is 1.72. The summed E-state index contributed by atoms with van der Waals surface area (Å²) in [5.74, 6) is 0.214. The van der Waals surface area contributed by atoms with Gasteiger partial charge in [0.25, 0.3) is 5.91 Å². The number of amides is 1. The molecule has 6 heteroatoms. The van der Waals surface area contributed by atoms with E-state index in [0.29, 0.717) is 36.2 Å². The van der Waals surface area contributed by atoms with Gasteiger partial charge in [-0.1, -0.05) is 11.6 Å². The molecule has 1 rings (SSSR count). The zero-order valence-corrected chi connectivity index (χ0v) is 10.1. The van der Waals surface area contributed by atoms with Crippen molar-refractivity contribution in [1.82, 2.24) is 10.3 Å². The highest BCUT2D eigenvalue weighted by Gasteiger charge is 2.08. The van der Waals surface area contributed by atoms with Gasteiger partial charge in [0.15, 0.2) is 0 Å². The van der Waals surface area contributed by atoms with Crippen LogP contribution in [0.25, 0.3) is 0 Å². The van der Waals surface area contributed by atoms with Crippen molar-refractivity contribution in [1.29, 1.82) is 0 Å². The number of carbonyl (C=O) groups is 1. The molecule has 0 fully saturated rings. The van der Waals surface area contributed by atoms with E-state index in [4.69, 9.17) is 27.9 Å². The fourth-order valence-electron chi connectivity index (χ4n) is 1.05. The second-order valence-corrected chi connectivity index (χ2v) is 3.70. The van der Waals surface area contributed by atoms with Gasteiger partial charge in [-0.05, 0) is 6.07 Å². The lowest BCUT2D eigenvalue weighted by Crippen LogP contribution is -2.27. The molecule has 0 aliphatic rings. The molecule has 1 N–H and O–H groups in total. The molecule has 4 nitrogen and oxygen atoms in total. The van der Waals surface area contributed by atoms with E-state index < -0.39 is 0 Å². The minimum Gasteiger partial charge on any atom is -0.378 e. The maximum atomic E-state index is 11.6. The van der Waals surface area contributed by atoms with Crippen molar-refractivity contribution < 1.29 is 9.53 Å². The second-order valence-electron chi connectivity index (χ2n) is 2.91. The lowest BCUT2D eigenvalue weighted by atomic mass is 10.2. The first-order chi connectivity index (χ1) is 7.75. The topological polar surface area (TPSA) is 51.2 Å². The van der Waals surface area contributed by atoms with E-state index in [1.807, 2.05) is 0 Å². The molecule has 1 heterocycles. The van der Waals surface area contributed by atoms with Crippen LogP contribution in [-0.4, -0.2) is 36.5 Å². The molecule has 0 unspecified atom stereocenters. The average molecular weight is 263 g/mol. The van der Waals surface area contributed by atoms with Gasteiger partial charge in [-0.3, -0.25) is 9.78 Å². The largest absolute Gasteiger partial charge is 0.378 e. The van der Waals surface area contributed by atoms with Crippen LogP contribution in [0.2, 0.25) is 5.02 Å². The summed E-state index contributed by atoms with van der Waals surface area (Å²) in [6.45, 7) is 1.34. The molecular weight excluding hydrogens is 251 g/mol. The van der Waals surface area contributed by atoms with Crippen LogP contribution in [0.4, 0.5) is 0 Å². The molecule has 0 aromatic carbocycles. The van der Waals surface area contributed by atoms with Crippen molar-refractivity contribution in [3.05, 3.63) is 29.0 Å². The molecule has 0 aliphatic heterocycles. The quantitative estimate of drug-likeness (QED) is 0.628. The van der Waals surface area contributed by atoms with Crippen LogP contribution in [-0.2, 0) is 4.74 Å². The minimum atomic E-state index is -0.234. The van der Waals surface area contributed by atoms with Gasteiger partial charge < -0.3 is 10.1 Å². The third-order valence-corrected chi connectivity index (χ3v) is 2.23. The number of hydrogen-bond acceptors (Lipinski definition) is 3. The zero-order valence-electron chi connectivity index (χ0n) is 8.58. The maximum absolute atomic E-state index is 11.6. The Bertz CT molecular complexity index is 347. The van der Waals surface area contributed by atoms with Gasteiger partial charge in [0.1, 0.15) is 0 Å². The number of alkyl halides is 1. The Morgan fingerprint density at radius 2 is 2.31 bits per heavy atom. The number of rotatable bonds is 6. The van der Waals surface area contributed by atoms with Crippen LogP contribution in [0.1, 0.15) is 10.4 Å². The Labute approximate surface area is 104 Å². The van der Waals surface area contributed by atoms with Crippen molar-refractivity contribution in [2.24, 2.45) is 0 Å². The summed E-state index contributed by atoms with van der Waals surface area (Å²) in [5, 5.41) is 3.01. The number of hydrogen-bond donors (Lipinski definition) is 1. The number of pyridine rings is 1. The summed E-state index contributed by atoms with van der Waals surface area (Å²) >= 11 is 11.2. The number of halogens is 2. The Hall–Kier alpha value is -0.840. The van der Waals surface area contributed by atoms with E-state index in [2.05, 4.69) is 10.3 Å². The van der Waals surface area contributed by atoms with Crippen LogP contribution in [0.5, 0.6) is 0 Å². The van der Waals surface area contributed by atoms with Gasteiger partial charge >= 0.3 is 0 Å². The number of aromatic nitrogens is 1. The summed E-state index contributed by atoms with van der Waals surface area (Å²) < 4.78 is 5.11. The van der Waals surface area contributed by atoms with Crippen LogP contribution in [0.15, 0.2) is 18.5 Å². The van der Waals surface area contributed by atoms with Gasteiger partial charge in [-0.15, -0.1) is 11.6 Å². The minimum absolute atomic E-state index is 0.234. The standard InChI is InChI=1S/C10H12Cl2N2O2/c11-2-5-16-6-4-14-10(15)8-1-3-13-7-9(8)12/h1,3,7H,2,4-6H2,(H,14,15). The molecule has 0 radical (unpaired) electrons. The summed E-state index contributed by atoms with van der Waals surface area (Å²) in [6, 6.07) is 1.57. The molecule has 1 amide bonds. The lowest BCUT2D eigenvalue weighted by Gasteiger charge is -2.06.